The molecule has 0 spiro atoms. The highest BCUT2D eigenvalue weighted by Gasteiger charge is 2.14. The van der Waals surface area contributed by atoms with Gasteiger partial charge in [-0.25, -0.2) is 0 Å². The van der Waals surface area contributed by atoms with Gasteiger partial charge in [-0.3, -0.25) is 9.59 Å². The van der Waals surface area contributed by atoms with Gasteiger partial charge >= 0.3 is 0 Å². The number of hydrogen-bond donors (Lipinski definition) is 1. The number of rotatable bonds is 4. The summed E-state index contributed by atoms with van der Waals surface area (Å²) in [7, 11) is 0. The van der Waals surface area contributed by atoms with Crippen molar-refractivity contribution in [1.29, 1.82) is 0 Å². The largest absolute Gasteiger partial charge is 0.294 e. The lowest BCUT2D eigenvalue weighted by atomic mass is 10.0. The highest BCUT2D eigenvalue weighted by atomic mass is 32.1. The Morgan fingerprint density at radius 1 is 0.833 bits per heavy atom. The van der Waals surface area contributed by atoms with Gasteiger partial charge in [0.05, 0.1) is 6.42 Å². The molecule has 0 aromatic heterocycles. The summed E-state index contributed by atoms with van der Waals surface area (Å²) in [5, 5.41) is 0. The Morgan fingerprint density at radius 3 is 2.11 bits per heavy atom. The molecule has 0 amide bonds. The van der Waals surface area contributed by atoms with Crippen molar-refractivity contribution in [1.82, 2.24) is 0 Å². The lowest BCUT2D eigenvalue weighted by Crippen LogP contribution is -2.09. The number of carbonyl (C=O) groups is 2. The minimum absolute atomic E-state index is 0.123. The lowest BCUT2D eigenvalue weighted by Gasteiger charge is -2.03. The van der Waals surface area contributed by atoms with Gasteiger partial charge in [0.1, 0.15) is 0 Å². The van der Waals surface area contributed by atoms with Crippen LogP contribution in [0.1, 0.15) is 27.1 Å². The van der Waals surface area contributed by atoms with Crippen LogP contribution in [0.2, 0.25) is 0 Å². The molecule has 2 rings (SSSR count). The number of benzene rings is 2. The summed E-state index contributed by atoms with van der Waals surface area (Å²) in [5.41, 5.74) is 1.05. The van der Waals surface area contributed by atoms with Crippen LogP contribution in [0.15, 0.2) is 59.5 Å². The normalized spacial score (nSPS) is 10.1. The molecule has 0 aliphatic rings. The maximum atomic E-state index is 12.0. The third-order valence-corrected chi connectivity index (χ3v) is 3.01. The maximum absolute atomic E-state index is 12.0. The lowest BCUT2D eigenvalue weighted by molar-refractivity contribution is 0.0892. The molecule has 0 bridgehead atoms. The van der Waals surface area contributed by atoms with Crippen LogP contribution in [-0.2, 0) is 0 Å². The van der Waals surface area contributed by atoms with E-state index in [4.69, 9.17) is 0 Å². The summed E-state index contributed by atoms with van der Waals surface area (Å²) >= 11 is 4.21. The topological polar surface area (TPSA) is 34.1 Å². The van der Waals surface area contributed by atoms with Gasteiger partial charge in [0.25, 0.3) is 0 Å². The van der Waals surface area contributed by atoms with E-state index in [-0.39, 0.29) is 18.0 Å². The van der Waals surface area contributed by atoms with Crippen molar-refractivity contribution in [2.75, 3.05) is 0 Å². The van der Waals surface area contributed by atoms with E-state index in [2.05, 4.69) is 12.6 Å². The first kappa shape index (κ1) is 12.6. The first-order chi connectivity index (χ1) is 8.68. The van der Waals surface area contributed by atoms with Crippen LogP contribution < -0.4 is 0 Å². The Labute approximate surface area is 111 Å². The molecule has 0 saturated carbocycles. The smallest absolute Gasteiger partial charge is 0.171 e. The molecule has 0 unspecified atom stereocenters. The van der Waals surface area contributed by atoms with Crippen molar-refractivity contribution >= 4 is 24.2 Å². The third-order valence-electron chi connectivity index (χ3n) is 2.62. The van der Waals surface area contributed by atoms with E-state index in [1.54, 1.807) is 48.5 Å². The summed E-state index contributed by atoms with van der Waals surface area (Å²) in [6, 6.07) is 15.8. The Morgan fingerprint density at radius 2 is 1.44 bits per heavy atom. The maximum Gasteiger partial charge on any atom is 0.171 e. The summed E-state index contributed by atoms with van der Waals surface area (Å²) in [6.07, 6.45) is -0.123. The second-order valence-electron chi connectivity index (χ2n) is 3.91. The molecule has 0 aliphatic heterocycles. The molecule has 90 valence electrons. The van der Waals surface area contributed by atoms with Crippen molar-refractivity contribution < 1.29 is 9.59 Å². The number of hydrogen-bond acceptors (Lipinski definition) is 3. The fourth-order valence-corrected chi connectivity index (χ4v) is 1.96. The molecule has 2 aromatic carbocycles. The minimum Gasteiger partial charge on any atom is -0.294 e. The van der Waals surface area contributed by atoms with Gasteiger partial charge < -0.3 is 0 Å². The highest BCUT2D eigenvalue weighted by molar-refractivity contribution is 7.80. The highest BCUT2D eigenvalue weighted by Crippen LogP contribution is 2.16. The molecule has 0 radical (unpaired) electrons. The van der Waals surface area contributed by atoms with Crippen LogP contribution >= 0.6 is 12.6 Å². The van der Waals surface area contributed by atoms with Gasteiger partial charge in [0, 0.05) is 16.0 Å². The monoisotopic (exact) mass is 256 g/mol. The van der Waals surface area contributed by atoms with Crippen LogP contribution in [0, 0.1) is 0 Å². The average molecular weight is 256 g/mol. The van der Waals surface area contributed by atoms with E-state index in [9.17, 15) is 9.59 Å². The molecule has 0 aliphatic carbocycles. The van der Waals surface area contributed by atoms with Crippen molar-refractivity contribution in [3.05, 3.63) is 65.7 Å². The summed E-state index contributed by atoms with van der Waals surface area (Å²) < 4.78 is 0. The van der Waals surface area contributed by atoms with Gasteiger partial charge in [-0.15, -0.1) is 12.6 Å². The Hall–Kier alpha value is -1.87. The summed E-state index contributed by atoms with van der Waals surface area (Å²) in [4.78, 5) is 24.5. The van der Waals surface area contributed by atoms with Crippen LogP contribution in [0.5, 0.6) is 0 Å². The zero-order valence-electron chi connectivity index (χ0n) is 9.67. The van der Waals surface area contributed by atoms with E-state index in [1.807, 2.05) is 6.07 Å². The number of thiol groups is 1. The van der Waals surface area contributed by atoms with Crippen LogP contribution in [0.25, 0.3) is 0 Å². The molecule has 0 N–H and O–H groups in total. The van der Waals surface area contributed by atoms with Gasteiger partial charge in [-0.2, -0.15) is 0 Å². The molecule has 0 heterocycles. The standard InChI is InChI=1S/C15H12O2S/c16-13(11-6-2-1-3-7-11)10-14(17)12-8-4-5-9-15(12)18/h1-9,18H,10H2. The molecule has 3 heteroatoms. The molecule has 2 aromatic rings. The van der Waals surface area contributed by atoms with Gasteiger partial charge in [0.2, 0.25) is 0 Å². The van der Waals surface area contributed by atoms with Crippen LogP contribution in [-0.4, -0.2) is 11.6 Å². The molecule has 18 heavy (non-hydrogen) atoms. The van der Waals surface area contributed by atoms with Crippen molar-refractivity contribution in [2.45, 2.75) is 11.3 Å². The molecule has 2 nitrogen and oxygen atoms in total. The average Bonchev–Trinajstić information content (AvgIpc) is 2.40. The van der Waals surface area contributed by atoms with Gasteiger partial charge in [-0.05, 0) is 6.07 Å². The van der Waals surface area contributed by atoms with Crippen molar-refractivity contribution in [3.63, 3.8) is 0 Å². The quantitative estimate of drug-likeness (QED) is 0.516. The first-order valence-electron chi connectivity index (χ1n) is 5.58. The number of Topliss-reactive ketones (excluding diaryl/α,β-unsaturated/α-hetero) is 2. The molecule has 0 fully saturated rings. The van der Waals surface area contributed by atoms with Gasteiger partial charge in [0.15, 0.2) is 11.6 Å². The zero-order valence-corrected chi connectivity index (χ0v) is 10.6. The first-order valence-corrected chi connectivity index (χ1v) is 6.02. The second-order valence-corrected chi connectivity index (χ2v) is 4.39. The third kappa shape index (κ3) is 2.87. The molecular weight excluding hydrogens is 244 g/mol. The Kier molecular flexibility index (Phi) is 3.95. The Balaban J connectivity index is 2.14. The zero-order chi connectivity index (χ0) is 13.0. The number of ketones is 2. The van der Waals surface area contributed by atoms with E-state index >= 15 is 0 Å². The SMILES string of the molecule is O=C(CC(=O)c1ccccc1S)c1ccccc1. The fourth-order valence-electron chi connectivity index (χ4n) is 1.68. The summed E-state index contributed by atoms with van der Waals surface area (Å²) in [6.45, 7) is 0. The molecule has 0 atom stereocenters. The van der Waals surface area contributed by atoms with E-state index < -0.39 is 0 Å². The second kappa shape index (κ2) is 5.65. The van der Waals surface area contributed by atoms with E-state index in [1.165, 1.54) is 0 Å². The van der Waals surface area contributed by atoms with Crippen LogP contribution in [0.3, 0.4) is 0 Å². The van der Waals surface area contributed by atoms with Crippen molar-refractivity contribution in [2.24, 2.45) is 0 Å². The Bertz CT molecular complexity index is 576. The minimum atomic E-state index is -0.200. The molecule has 0 saturated heterocycles. The van der Waals surface area contributed by atoms with Crippen molar-refractivity contribution in [3.8, 4) is 0 Å². The van der Waals surface area contributed by atoms with E-state index in [0.717, 1.165) is 0 Å². The fraction of sp³-hybridized carbons (Fsp3) is 0.0667. The summed E-state index contributed by atoms with van der Waals surface area (Å²) in [5.74, 6) is -0.369. The van der Waals surface area contributed by atoms with Crippen LogP contribution in [0.4, 0.5) is 0 Å². The molecular formula is C15H12O2S. The van der Waals surface area contributed by atoms with E-state index in [0.29, 0.717) is 16.0 Å². The van der Waals surface area contributed by atoms with Gasteiger partial charge in [-0.1, -0.05) is 48.5 Å². The predicted molar refractivity (Wildman–Crippen MR) is 73.4 cm³/mol. The number of carbonyl (C=O) groups excluding carboxylic acids is 2. The predicted octanol–water partition coefficient (Wildman–Crippen LogP) is 3.43.